The average Bonchev–Trinajstić information content (AvgIpc) is 2.26. The van der Waals surface area contributed by atoms with E-state index in [1.54, 1.807) is 25.1 Å². The monoisotopic (exact) mass is 205 g/mol. The Morgan fingerprint density at radius 3 is 2.80 bits per heavy atom. The van der Waals surface area contributed by atoms with Crippen molar-refractivity contribution >= 4 is 5.97 Å². The molecule has 1 unspecified atom stereocenters. The predicted molar refractivity (Wildman–Crippen MR) is 53.7 cm³/mol. The van der Waals surface area contributed by atoms with Gasteiger partial charge in [0.2, 0.25) is 0 Å². The van der Waals surface area contributed by atoms with E-state index in [1.807, 2.05) is 6.07 Å². The zero-order valence-electron chi connectivity index (χ0n) is 8.30. The number of benzene rings is 1. The van der Waals surface area contributed by atoms with Crippen molar-refractivity contribution in [1.29, 1.82) is 5.26 Å². The smallest absolute Gasteiger partial charge is 0.339 e. The Kier molecular flexibility index (Phi) is 3.69. The minimum atomic E-state index is -1.06. The number of rotatable bonds is 4. The standard InChI is InChI=1S/C11H11NO3/c1-2-8(7-12)15-10-6-4-3-5-9(10)11(13)14/h3-6,8H,2H2,1H3,(H,13,14). The van der Waals surface area contributed by atoms with Gasteiger partial charge < -0.3 is 9.84 Å². The average molecular weight is 205 g/mol. The predicted octanol–water partition coefficient (Wildman–Crippen LogP) is 2.07. The maximum Gasteiger partial charge on any atom is 0.339 e. The van der Waals surface area contributed by atoms with Gasteiger partial charge in [-0.1, -0.05) is 19.1 Å². The van der Waals surface area contributed by atoms with Gasteiger partial charge in [-0.3, -0.25) is 0 Å². The van der Waals surface area contributed by atoms with Crippen molar-refractivity contribution in [2.75, 3.05) is 0 Å². The number of nitrogens with zero attached hydrogens (tertiary/aromatic N) is 1. The number of aromatic carboxylic acids is 1. The number of ether oxygens (including phenoxy) is 1. The molecule has 0 aliphatic rings. The molecule has 1 aromatic carbocycles. The van der Waals surface area contributed by atoms with E-state index in [9.17, 15) is 4.79 Å². The number of carboxylic acid groups (broad SMARTS) is 1. The summed E-state index contributed by atoms with van der Waals surface area (Å²) < 4.78 is 5.26. The minimum absolute atomic E-state index is 0.0752. The van der Waals surface area contributed by atoms with Gasteiger partial charge in [-0.25, -0.2) is 4.79 Å². The highest BCUT2D eigenvalue weighted by atomic mass is 16.5. The molecule has 0 spiro atoms. The topological polar surface area (TPSA) is 70.3 Å². The van der Waals surface area contributed by atoms with Crippen molar-refractivity contribution in [3.8, 4) is 11.8 Å². The summed E-state index contributed by atoms with van der Waals surface area (Å²) in [5.74, 6) is -0.822. The lowest BCUT2D eigenvalue weighted by molar-refractivity contribution is 0.0691. The fourth-order valence-corrected chi connectivity index (χ4v) is 1.10. The third-order valence-electron chi connectivity index (χ3n) is 1.90. The molecule has 4 heteroatoms. The molecule has 1 N–H and O–H groups in total. The van der Waals surface area contributed by atoms with Crippen LogP contribution in [0.3, 0.4) is 0 Å². The zero-order valence-corrected chi connectivity index (χ0v) is 8.30. The first kappa shape index (κ1) is 11.1. The maximum atomic E-state index is 10.8. The molecular weight excluding hydrogens is 194 g/mol. The van der Waals surface area contributed by atoms with Crippen molar-refractivity contribution in [2.24, 2.45) is 0 Å². The van der Waals surface area contributed by atoms with E-state index in [0.717, 1.165) is 0 Å². The van der Waals surface area contributed by atoms with Gasteiger partial charge in [0, 0.05) is 0 Å². The van der Waals surface area contributed by atoms with Gasteiger partial charge in [0.25, 0.3) is 0 Å². The first-order valence-corrected chi connectivity index (χ1v) is 4.57. The highest BCUT2D eigenvalue weighted by molar-refractivity contribution is 5.90. The van der Waals surface area contributed by atoms with Crippen LogP contribution in [0.5, 0.6) is 5.75 Å². The highest BCUT2D eigenvalue weighted by Crippen LogP contribution is 2.19. The quantitative estimate of drug-likeness (QED) is 0.816. The van der Waals surface area contributed by atoms with Crippen LogP contribution < -0.4 is 4.74 Å². The summed E-state index contributed by atoms with van der Waals surface area (Å²) in [4.78, 5) is 10.8. The number of para-hydroxylation sites is 1. The molecule has 0 aromatic heterocycles. The molecule has 1 atom stereocenters. The van der Waals surface area contributed by atoms with Gasteiger partial charge in [0.1, 0.15) is 17.4 Å². The summed E-state index contributed by atoms with van der Waals surface area (Å²) in [7, 11) is 0. The van der Waals surface area contributed by atoms with Crippen molar-refractivity contribution in [3.63, 3.8) is 0 Å². The van der Waals surface area contributed by atoms with Crippen LogP contribution in [0.1, 0.15) is 23.7 Å². The fraction of sp³-hybridized carbons (Fsp3) is 0.273. The largest absolute Gasteiger partial charge is 0.478 e. The third kappa shape index (κ3) is 2.71. The van der Waals surface area contributed by atoms with Crippen LogP contribution in [0.2, 0.25) is 0 Å². The van der Waals surface area contributed by atoms with Gasteiger partial charge in [0.05, 0.1) is 0 Å². The lowest BCUT2D eigenvalue weighted by Gasteiger charge is -2.11. The second-order valence-corrected chi connectivity index (χ2v) is 2.95. The SMILES string of the molecule is CCC(C#N)Oc1ccccc1C(=O)O. The lowest BCUT2D eigenvalue weighted by Crippen LogP contribution is -2.14. The van der Waals surface area contributed by atoms with E-state index in [4.69, 9.17) is 15.1 Å². The van der Waals surface area contributed by atoms with Crippen molar-refractivity contribution in [3.05, 3.63) is 29.8 Å². The van der Waals surface area contributed by atoms with E-state index in [1.165, 1.54) is 6.07 Å². The van der Waals surface area contributed by atoms with Crippen LogP contribution in [0.4, 0.5) is 0 Å². The minimum Gasteiger partial charge on any atom is -0.478 e. The molecule has 0 heterocycles. The molecule has 0 saturated carbocycles. The molecule has 4 nitrogen and oxygen atoms in total. The Hall–Kier alpha value is -2.02. The fourth-order valence-electron chi connectivity index (χ4n) is 1.10. The maximum absolute atomic E-state index is 10.8. The van der Waals surface area contributed by atoms with E-state index >= 15 is 0 Å². The molecule has 0 saturated heterocycles. The first-order chi connectivity index (χ1) is 7.19. The third-order valence-corrected chi connectivity index (χ3v) is 1.90. The van der Waals surface area contributed by atoms with E-state index in [-0.39, 0.29) is 11.3 Å². The van der Waals surface area contributed by atoms with Crippen LogP contribution in [0, 0.1) is 11.3 Å². The second-order valence-electron chi connectivity index (χ2n) is 2.95. The number of hydrogen-bond acceptors (Lipinski definition) is 3. The molecule has 78 valence electrons. The van der Waals surface area contributed by atoms with Gasteiger partial charge in [-0.15, -0.1) is 0 Å². The number of carboxylic acids is 1. The van der Waals surface area contributed by atoms with E-state index in [2.05, 4.69) is 0 Å². The van der Waals surface area contributed by atoms with Crippen LogP contribution in [-0.2, 0) is 0 Å². The van der Waals surface area contributed by atoms with E-state index < -0.39 is 12.1 Å². The molecule has 0 radical (unpaired) electrons. The number of hydrogen-bond donors (Lipinski definition) is 1. The molecule has 1 rings (SSSR count). The van der Waals surface area contributed by atoms with Crippen LogP contribution in [0.25, 0.3) is 0 Å². The normalized spacial score (nSPS) is 11.5. The molecular formula is C11H11NO3. The first-order valence-electron chi connectivity index (χ1n) is 4.57. The highest BCUT2D eigenvalue weighted by Gasteiger charge is 2.13. The molecule has 0 aliphatic carbocycles. The lowest BCUT2D eigenvalue weighted by atomic mass is 10.2. The Morgan fingerprint density at radius 1 is 1.60 bits per heavy atom. The zero-order chi connectivity index (χ0) is 11.3. The van der Waals surface area contributed by atoms with Gasteiger partial charge in [0.15, 0.2) is 6.10 Å². The van der Waals surface area contributed by atoms with Gasteiger partial charge >= 0.3 is 5.97 Å². The summed E-state index contributed by atoms with van der Waals surface area (Å²) in [6.45, 7) is 1.80. The summed E-state index contributed by atoms with van der Waals surface area (Å²) in [5, 5.41) is 17.6. The van der Waals surface area contributed by atoms with Crippen LogP contribution in [0.15, 0.2) is 24.3 Å². The second kappa shape index (κ2) is 5.01. The number of nitriles is 1. The summed E-state index contributed by atoms with van der Waals surface area (Å²) >= 11 is 0. The Morgan fingerprint density at radius 2 is 2.27 bits per heavy atom. The Labute approximate surface area is 87.7 Å². The molecule has 0 fully saturated rings. The van der Waals surface area contributed by atoms with Gasteiger partial charge in [-0.2, -0.15) is 5.26 Å². The Balaban J connectivity index is 2.94. The van der Waals surface area contributed by atoms with Crippen molar-refractivity contribution in [2.45, 2.75) is 19.4 Å². The van der Waals surface area contributed by atoms with E-state index in [0.29, 0.717) is 6.42 Å². The van der Waals surface area contributed by atoms with Crippen LogP contribution >= 0.6 is 0 Å². The summed E-state index contributed by atoms with van der Waals surface area (Å²) in [6.07, 6.45) is -0.0877. The molecule has 15 heavy (non-hydrogen) atoms. The molecule has 0 bridgehead atoms. The van der Waals surface area contributed by atoms with Crippen molar-refractivity contribution in [1.82, 2.24) is 0 Å². The molecule has 0 amide bonds. The van der Waals surface area contributed by atoms with Crippen LogP contribution in [-0.4, -0.2) is 17.2 Å². The molecule has 1 aromatic rings. The van der Waals surface area contributed by atoms with Gasteiger partial charge in [-0.05, 0) is 18.6 Å². The molecule has 0 aliphatic heterocycles. The Bertz CT molecular complexity index is 395. The summed E-state index contributed by atoms with van der Waals surface area (Å²) in [6, 6.07) is 8.23. The number of carbonyl (C=O) groups is 1. The summed E-state index contributed by atoms with van der Waals surface area (Å²) in [5.41, 5.74) is 0.0752. The van der Waals surface area contributed by atoms with Crippen molar-refractivity contribution < 1.29 is 14.6 Å².